The van der Waals surface area contributed by atoms with E-state index in [2.05, 4.69) is 10.0 Å². The van der Waals surface area contributed by atoms with Crippen LogP contribution in [0.5, 0.6) is 5.75 Å². The number of ether oxygens (including phenoxy) is 1. The van der Waals surface area contributed by atoms with Crippen LogP contribution in [0, 0.1) is 0 Å². The van der Waals surface area contributed by atoms with Crippen molar-refractivity contribution in [1.29, 1.82) is 0 Å². The van der Waals surface area contributed by atoms with Crippen molar-refractivity contribution < 1.29 is 31.1 Å². The molecule has 6 nitrogen and oxygen atoms in total. The summed E-state index contributed by atoms with van der Waals surface area (Å²) in [6.45, 7) is 1.21. The molecule has 2 rings (SSSR count). The first-order chi connectivity index (χ1) is 12.4. The topological polar surface area (TPSA) is 84.5 Å². The summed E-state index contributed by atoms with van der Waals surface area (Å²) in [5.74, 6) is -0.213. The van der Waals surface area contributed by atoms with E-state index in [4.69, 9.17) is 16.3 Å². The van der Waals surface area contributed by atoms with Crippen molar-refractivity contribution in [3.05, 3.63) is 47.0 Å². The Labute approximate surface area is 158 Å². The minimum absolute atomic E-state index is 0.0926. The monoisotopic (exact) mass is 422 g/mol. The number of methoxy groups -OCH3 is 1. The molecular formula is C16H14ClF3N2O4S. The first-order valence-corrected chi connectivity index (χ1v) is 9.15. The van der Waals surface area contributed by atoms with Gasteiger partial charge >= 0.3 is 6.18 Å². The van der Waals surface area contributed by atoms with Gasteiger partial charge in [-0.05, 0) is 30.3 Å². The summed E-state index contributed by atoms with van der Waals surface area (Å²) in [5, 5.41) is 2.03. The summed E-state index contributed by atoms with van der Waals surface area (Å²) < 4.78 is 71.1. The molecule has 0 unspecified atom stereocenters. The molecule has 0 bridgehead atoms. The van der Waals surface area contributed by atoms with E-state index in [9.17, 15) is 26.4 Å². The summed E-state index contributed by atoms with van der Waals surface area (Å²) in [7, 11) is -3.16. The summed E-state index contributed by atoms with van der Waals surface area (Å²) in [6.07, 6.45) is -4.74. The van der Waals surface area contributed by atoms with Crippen molar-refractivity contribution >= 4 is 38.9 Å². The number of alkyl halides is 3. The van der Waals surface area contributed by atoms with Gasteiger partial charge in [-0.2, -0.15) is 13.2 Å². The van der Waals surface area contributed by atoms with Crippen molar-refractivity contribution in [2.75, 3.05) is 17.1 Å². The van der Waals surface area contributed by atoms with E-state index < -0.39 is 32.6 Å². The molecule has 1 amide bonds. The highest BCUT2D eigenvalue weighted by molar-refractivity contribution is 7.92. The molecule has 2 aromatic rings. The Balaban J connectivity index is 2.52. The van der Waals surface area contributed by atoms with Crippen molar-refractivity contribution in [2.24, 2.45) is 0 Å². The van der Waals surface area contributed by atoms with Crippen LogP contribution in [0.3, 0.4) is 0 Å². The lowest BCUT2D eigenvalue weighted by Crippen LogP contribution is -2.17. The molecule has 0 saturated carbocycles. The van der Waals surface area contributed by atoms with E-state index in [1.165, 1.54) is 32.2 Å². The summed E-state index contributed by atoms with van der Waals surface area (Å²) in [6, 6.07) is 6.08. The molecule has 11 heteroatoms. The smallest absolute Gasteiger partial charge is 0.416 e. The average Bonchev–Trinajstić information content (AvgIpc) is 2.54. The van der Waals surface area contributed by atoms with Crippen LogP contribution >= 0.6 is 11.6 Å². The molecule has 0 heterocycles. The Morgan fingerprint density at radius 1 is 1.11 bits per heavy atom. The molecule has 0 aromatic heterocycles. The minimum atomic E-state index is -4.74. The van der Waals surface area contributed by atoms with Crippen LogP contribution in [-0.2, 0) is 21.0 Å². The van der Waals surface area contributed by atoms with Gasteiger partial charge in [-0.25, -0.2) is 8.42 Å². The number of anilines is 2. The van der Waals surface area contributed by atoms with Gasteiger partial charge in [-0.3, -0.25) is 9.52 Å². The van der Waals surface area contributed by atoms with Crippen LogP contribution in [0.1, 0.15) is 12.5 Å². The van der Waals surface area contributed by atoms with Gasteiger partial charge < -0.3 is 10.1 Å². The van der Waals surface area contributed by atoms with Gasteiger partial charge in [-0.15, -0.1) is 0 Å². The zero-order valence-corrected chi connectivity index (χ0v) is 15.6. The van der Waals surface area contributed by atoms with Gasteiger partial charge in [0, 0.05) is 13.0 Å². The fourth-order valence-electron chi connectivity index (χ4n) is 2.12. The number of carbonyl (C=O) groups excluding carboxylic acids is 1. The zero-order chi connectivity index (χ0) is 20.4. The van der Waals surface area contributed by atoms with E-state index in [0.717, 1.165) is 6.07 Å². The predicted molar refractivity (Wildman–Crippen MR) is 94.6 cm³/mol. The van der Waals surface area contributed by atoms with Crippen molar-refractivity contribution in [3.8, 4) is 5.75 Å². The molecule has 0 aliphatic carbocycles. The first-order valence-electron chi connectivity index (χ1n) is 7.29. The van der Waals surface area contributed by atoms with Crippen LogP contribution in [-0.4, -0.2) is 21.4 Å². The van der Waals surface area contributed by atoms with Crippen LogP contribution in [0.2, 0.25) is 5.02 Å². The van der Waals surface area contributed by atoms with Gasteiger partial charge in [0.1, 0.15) is 10.6 Å². The highest BCUT2D eigenvalue weighted by Crippen LogP contribution is 2.35. The molecule has 146 valence electrons. The number of hydrogen-bond acceptors (Lipinski definition) is 4. The first kappa shape index (κ1) is 20.8. The molecule has 2 aromatic carbocycles. The van der Waals surface area contributed by atoms with Crippen LogP contribution < -0.4 is 14.8 Å². The van der Waals surface area contributed by atoms with Gasteiger partial charge in [0.25, 0.3) is 10.0 Å². The van der Waals surface area contributed by atoms with Gasteiger partial charge in [0.2, 0.25) is 5.91 Å². The van der Waals surface area contributed by atoms with E-state index in [1.54, 1.807) is 0 Å². The highest BCUT2D eigenvalue weighted by atomic mass is 35.5. The molecule has 0 radical (unpaired) electrons. The van der Waals surface area contributed by atoms with E-state index in [0.29, 0.717) is 12.1 Å². The number of rotatable bonds is 5. The third-order valence-corrected chi connectivity index (χ3v) is 5.18. The van der Waals surface area contributed by atoms with E-state index >= 15 is 0 Å². The van der Waals surface area contributed by atoms with E-state index in [1.807, 2.05) is 0 Å². The number of benzene rings is 2. The zero-order valence-electron chi connectivity index (χ0n) is 14.0. The van der Waals surface area contributed by atoms with Gasteiger partial charge in [-0.1, -0.05) is 11.6 Å². The van der Waals surface area contributed by atoms with Crippen LogP contribution in [0.25, 0.3) is 0 Å². The molecule has 0 spiro atoms. The largest absolute Gasteiger partial charge is 0.497 e. The maximum atomic E-state index is 12.9. The number of sulfonamides is 1. The standard InChI is InChI=1S/C16H14ClF3N2O4S/c1-9(23)21-13-6-4-11(26-2)8-14(13)22-27(24,25)15-7-10(16(18,19)20)3-5-12(15)17/h3-8,22H,1-2H3,(H,21,23). The van der Waals surface area contributed by atoms with Crippen LogP contribution in [0.15, 0.2) is 41.3 Å². The maximum absolute atomic E-state index is 12.9. The Morgan fingerprint density at radius 3 is 2.33 bits per heavy atom. The SMILES string of the molecule is COc1ccc(NC(C)=O)c(NS(=O)(=O)c2cc(C(F)(F)F)ccc2Cl)c1. The minimum Gasteiger partial charge on any atom is -0.497 e. The van der Waals surface area contributed by atoms with E-state index in [-0.39, 0.29) is 22.1 Å². The second-order valence-corrected chi connectivity index (χ2v) is 7.40. The quantitative estimate of drug-likeness (QED) is 0.758. The van der Waals surface area contributed by atoms with Gasteiger partial charge in [0.15, 0.2) is 0 Å². The molecule has 2 N–H and O–H groups in total. The molecule has 0 aliphatic heterocycles. The third kappa shape index (κ3) is 5.04. The fourth-order valence-corrected chi connectivity index (χ4v) is 3.72. The Morgan fingerprint density at radius 2 is 1.78 bits per heavy atom. The molecule has 0 aliphatic rings. The maximum Gasteiger partial charge on any atom is 0.416 e. The lowest BCUT2D eigenvalue weighted by molar-refractivity contribution is -0.137. The number of halogens is 4. The number of amides is 1. The normalized spacial score (nSPS) is 11.8. The number of carbonyl (C=O) groups is 1. The average molecular weight is 423 g/mol. The Kier molecular flexibility index (Phi) is 5.91. The number of nitrogens with one attached hydrogen (secondary N) is 2. The summed E-state index contributed by atoms with van der Waals surface area (Å²) in [5.41, 5.74) is -1.17. The fraction of sp³-hybridized carbons (Fsp3) is 0.188. The second kappa shape index (κ2) is 7.65. The summed E-state index contributed by atoms with van der Waals surface area (Å²) >= 11 is 5.80. The van der Waals surface area contributed by atoms with Crippen molar-refractivity contribution in [3.63, 3.8) is 0 Å². The van der Waals surface area contributed by atoms with Gasteiger partial charge in [0.05, 0.1) is 29.1 Å². The number of hydrogen-bond donors (Lipinski definition) is 2. The third-order valence-electron chi connectivity index (χ3n) is 3.33. The van der Waals surface area contributed by atoms with Crippen molar-refractivity contribution in [2.45, 2.75) is 18.0 Å². The lowest BCUT2D eigenvalue weighted by Gasteiger charge is -2.16. The second-order valence-electron chi connectivity index (χ2n) is 5.34. The molecule has 0 saturated heterocycles. The molecule has 0 fully saturated rings. The lowest BCUT2D eigenvalue weighted by atomic mass is 10.2. The highest BCUT2D eigenvalue weighted by Gasteiger charge is 2.33. The Hall–Kier alpha value is -2.46. The van der Waals surface area contributed by atoms with Crippen molar-refractivity contribution in [1.82, 2.24) is 0 Å². The Bertz CT molecular complexity index is 978. The van der Waals surface area contributed by atoms with Crippen LogP contribution in [0.4, 0.5) is 24.5 Å². The summed E-state index contributed by atoms with van der Waals surface area (Å²) in [4.78, 5) is 10.5. The molecule has 27 heavy (non-hydrogen) atoms. The molecular weight excluding hydrogens is 409 g/mol. The molecule has 0 atom stereocenters. The predicted octanol–water partition coefficient (Wildman–Crippen LogP) is 4.13.